The lowest BCUT2D eigenvalue weighted by Crippen LogP contribution is -2.44. The molecule has 0 saturated carbocycles. The lowest BCUT2D eigenvalue weighted by molar-refractivity contribution is -0.130. The fraction of sp³-hybridized carbons (Fsp3) is 0.933. The van der Waals surface area contributed by atoms with Crippen molar-refractivity contribution in [2.45, 2.75) is 70.8 Å². The Morgan fingerprint density at radius 1 is 1.42 bits per heavy atom. The largest absolute Gasteiger partial charge is 0.324 e. The molecular formula is C15H30N2OS. The van der Waals surface area contributed by atoms with E-state index in [1.54, 1.807) is 0 Å². The van der Waals surface area contributed by atoms with Gasteiger partial charge in [-0.1, -0.05) is 27.2 Å². The molecule has 0 aromatic heterocycles. The fourth-order valence-corrected chi connectivity index (χ4v) is 2.83. The van der Waals surface area contributed by atoms with Gasteiger partial charge in [0.1, 0.15) is 0 Å². The van der Waals surface area contributed by atoms with Crippen LogP contribution < -0.4 is 5.32 Å². The molecule has 0 aliphatic carbocycles. The second-order valence-electron chi connectivity index (χ2n) is 6.58. The van der Waals surface area contributed by atoms with E-state index in [-0.39, 0.29) is 17.0 Å². The Labute approximate surface area is 122 Å². The van der Waals surface area contributed by atoms with E-state index < -0.39 is 0 Å². The number of carbonyl (C=O) groups is 1. The lowest BCUT2D eigenvalue weighted by atomic mass is 10.0. The number of carbonyl (C=O) groups excluding carboxylic acids is 1. The Hall–Kier alpha value is -0.220. The summed E-state index contributed by atoms with van der Waals surface area (Å²) in [6, 6.07) is 0.0224. The van der Waals surface area contributed by atoms with Crippen molar-refractivity contribution in [3.63, 3.8) is 0 Å². The molecule has 1 fully saturated rings. The fourth-order valence-electron chi connectivity index (χ4n) is 2.56. The van der Waals surface area contributed by atoms with Crippen LogP contribution in [-0.4, -0.2) is 40.6 Å². The molecule has 1 aliphatic heterocycles. The molecule has 0 radical (unpaired) electrons. The SMILES string of the molecule is CCCC1NC(CC(C)C)C(=O)N1CC(C)(C)SC. The van der Waals surface area contributed by atoms with Crippen molar-refractivity contribution in [3.05, 3.63) is 0 Å². The number of hydrogen-bond acceptors (Lipinski definition) is 3. The van der Waals surface area contributed by atoms with Gasteiger partial charge in [-0.3, -0.25) is 10.1 Å². The molecule has 0 aromatic carbocycles. The van der Waals surface area contributed by atoms with Gasteiger partial charge in [-0.05, 0) is 38.9 Å². The van der Waals surface area contributed by atoms with Gasteiger partial charge in [0.2, 0.25) is 5.91 Å². The second-order valence-corrected chi connectivity index (χ2v) is 8.10. The van der Waals surface area contributed by atoms with Crippen LogP contribution in [0.25, 0.3) is 0 Å². The van der Waals surface area contributed by atoms with Crippen LogP contribution >= 0.6 is 11.8 Å². The number of amides is 1. The molecule has 1 amide bonds. The van der Waals surface area contributed by atoms with Crippen LogP contribution in [0.4, 0.5) is 0 Å². The smallest absolute Gasteiger partial charge is 0.241 e. The highest BCUT2D eigenvalue weighted by Crippen LogP contribution is 2.27. The van der Waals surface area contributed by atoms with E-state index in [4.69, 9.17) is 0 Å². The zero-order valence-electron chi connectivity index (χ0n) is 13.3. The molecule has 3 nitrogen and oxygen atoms in total. The number of hydrogen-bond donors (Lipinski definition) is 1. The zero-order valence-corrected chi connectivity index (χ0v) is 14.1. The summed E-state index contributed by atoms with van der Waals surface area (Å²) in [4.78, 5) is 14.7. The zero-order chi connectivity index (χ0) is 14.6. The van der Waals surface area contributed by atoms with E-state index >= 15 is 0 Å². The van der Waals surface area contributed by atoms with Crippen LogP contribution in [0.15, 0.2) is 0 Å². The van der Waals surface area contributed by atoms with Crippen molar-refractivity contribution in [1.29, 1.82) is 0 Å². The van der Waals surface area contributed by atoms with Crippen LogP contribution in [0.5, 0.6) is 0 Å². The van der Waals surface area contributed by atoms with Crippen LogP contribution in [0.3, 0.4) is 0 Å². The summed E-state index contributed by atoms with van der Waals surface area (Å²) in [5.41, 5.74) is 0. The first-order valence-electron chi connectivity index (χ1n) is 7.42. The van der Waals surface area contributed by atoms with E-state index in [0.717, 1.165) is 25.8 Å². The van der Waals surface area contributed by atoms with Gasteiger partial charge < -0.3 is 4.90 Å². The molecular weight excluding hydrogens is 256 g/mol. The second kappa shape index (κ2) is 6.98. The molecule has 1 aliphatic rings. The van der Waals surface area contributed by atoms with Crippen molar-refractivity contribution in [2.24, 2.45) is 5.92 Å². The quantitative estimate of drug-likeness (QED) is 0.780. The van der Waals surface area contributed by atoms with Gasteiger partial charge in [-0.15, -0.1) is 0 Å². The molecule has 0 aromatic rings. The van der Waals surface area contributed by atoms with Crippen LogP contribution in [0, 0.1) is 5.92 Å². The molecule has 4 heteroatoms. The van der Waals surface area contributed by atoms with Crippen LogP contribution in [-0.2, 0) is 4.79 Å². The molecule has 0 spiro atoms. The van der Waals surface area contributed by atoms with Crippen LogP contribution in [0.2, 0.25) is 0 Å². The predicted octanol–water partition coefficient (Wildman–Crippen LogP) is 3.10. The van der Waals surface area contributed by atoms with E-state index in [2.05, 4.69) is 51.1 Å². The van der Waals surface area contributed by atoms with Gasteiger partial charge in [-0.25, -0.2) is 0 Å². The molecule has 1 heterocycles. The van der Waals surface area contributed by atoms with Crippen molar-refractivity contribution in [1.82, 2.24) is 10.2 Å². The molecule has 1 rings (SSSR count). The molecule has 19 heavy (non-hydrogen) atoms. The minimum absolute atomic E-state index is 0.0224. The van der Waals surface area contributed by atoms with Crippen molar-refractivity contribution in [2.75, 3.05) is 12.8 Å². The summed E-state index contributed by atoms with van der Waals surface area (Å²) in [6.45, 7) is 11.8. The maximum atomic E-state index is 12.6. The average molecular weight is 286 g/mol. The minimum atomic E-state index is 0.0224. The molecule has 1 saturated heterocycles. The highest BCUT2D eigenvalue weighted by molar-refractivity contribution is 7.99. The van der Waals surface area contributed by atoms with Crippen LogP contribution in [0.1, 0.15) is 53.9 Å². The summed E-state index contributed by atoms with van der Waals surface area (Å²) in [7, 11) is 0. The third-order valence-electron chi connectivity index (χ3n) is 3.72. The Morgan fingerprint density at radius 2 is 2.05 bits per heavy atom. The molecule has 1 N–H and O–H groups in total. The van der Waals surface area contributed by atoms with E-state index in [0.29, 0.717) is 11.8 Å². The van der Waals surface area contributed by atoms with Crippen molar-refractivity contribution < 1.29 is 4.79 Å². The monoisotopic (exact) mass is 286 g/mol. The number of rotatable bonds is 7. The third kappa shape index (κ3) is 4.67. The maximum Gasteiger partial charge on any atom is 0.241 e. The minimum Gasteiger partial charge on any atom is -0.324 e. The summed E-state index contributed by atoms with van der Waals surface area (Å²) in [5.74, 6) is 0.853. The average Bonchev–Trinajstić information content (AvgIpc) is 2.57. The van der Waals surface area contributed by atoms with E-state index in [9.17, 15) is 4.79 Å². The first-order valence-corrected chi connectivity index (χ1v) is 8.65. The Kier molecular flexibility index (Phi) is 6.18. The number of nitrogens with zero attached hydrogens (tertiary/aromatic N) is 1. The van der Waals surface area contributed by atoms with Gasteiger partial charge in [0.25, 0.3) is 0 Å². The predicted molar refractivity (Wildman–Crippen MR) is 84.4 cm³/mol. The van der Waals surface area contributed by atoms with E-state index in [1.165, 1.54) is 0 Å². The summed E-state index contributed by atoms with van der Waals surface area (Å²) >= 11 is 1.83. The highest BCUT2D eigenvalue weighted by Gasteiger charge is 2.40. The number of thioether (sulfide) groups is 1. The number of nitrogens with one attached hydrogen (secondary N) is 1. The first-order chi connectivity index (χ1) is 8.80. The van der Waals surface area contributed by atoms with Gasteiger partial charge in [0.15, 0.2) is 0 Å². The highest BCUT2D eigenvalue weighted by atomic mass is 32.2. The normalized spacial score (nSPS) is 24.6. The topological polar surface area (TPSA) is 32.3 Å². The lowest BCUT2D eigenvalue weighted by Gasteiger charge is -2.32. The summed E-state index contributed by atoms with van der Waals surface area (Å²) in [6.07, 6.45) is 5.44. The Morgan fingerprint density at radius 3 is 2.53 bits per heavy atom. The van der Waals surface area contributed by atoms with E-state index in [1.807, 2.05) is 11.8 Å². The standard InChI is InChI=1S/C15H30N2OS/c1-7-8-13-16-12(9-11(2)3)14(18)17(13)10-15(4,5)19-6/h11-13,16H,7-10H2,1-6H3. The maximum absolute atomic E-state index is 12.6. The molecule has 0 bridgehead atoms. The van der Waals surface area contributed by atoms with Gasteiger partial charge in [-0.2, -0.15) is 11.8 Å². The van der Waals surface area contributed by atoms with Gasteiger partial charge in [0, 0.05) is 11.3 Å². The first kappa shape index (κ1) is 16.8. The molecule has 2 unspecified atom stereocenters. The Balaban J connectivity index is 2.77. The van der Waals surface area contributed by atoms with Crippen molar-refractivity contribution >= 4 is 17.7 Å². The van der Waals surface area contributed by atoms with Gasteiger partial charge in [0.05, 0.1) is 12.2 Å². The molecule has 2 atom stereocenters. The third-order valence-corrected chi connectivity index (χ3v) is 4.96. The Bertz CT molecular complexity index is 305. The molecule has 112 valence electrons. The van der Waals surface area contributed by atoms with Crippen molar-refractivity contribution in [3.8, 4) is 0 Å². The summed E-state index contributed by atoms with van der Waals surface area (Å²) in [5, 5.41) is 3.54. The van der Waals surface area contributed by atoms with Gasteiger partial charge >= 0.3 is 0 Å². The summed E-state index contributed by atoms with van der Waals surface area (Å²) < 4.78 is 0.121.